The van der Waals surface area contributed by atoms with E-state index in [1.165, 1.54) is 23.5 Å². The molecule has 136 valence electrons. The van der Waals surface area contributed by atoms with Gasteiger partial charge in [-0.05, 0) is 60.2 Å². The van der Waals surface area contributed by atoms with Gasteiger partial charge in [0.05, 0.1) is 21.4 Å². The topological polar surface area (TPSA) is 23.8 Å². The fraction of sp³-hybridized carbons (Fsp3) is 0.0500. The molecular formula is C20H11ClF3NS2. The number of alkyl halides is 3. The summed E-state index contributed by atoms with van der Waals surface area (Å²) in [5.41, 5.74) is 0.0285. The van der Waals surface area contributed by atoms with Crippen molar-refractivity contribution in [2.45, 2.75) is 15.3 Å². The van der Waals surface area contributed by atoms with E-state index >= 15 is 0 Å². The minimum atomic E-state index is -4.39. The summed E-state index contributed by atoms with van der Waals surface area (Å²) in [7, 11) is 0. The quantitative estimate of drug-likeness (QED) is 0.404. The van der Waals surface area contributed by atoms with Crippen molar-refractivity contribution in [1.82, 2.24) is 0 Å². The zero-order chi connectivity index (χ0) is 19.4. The molecule has 1 heterocycles. The molecule has 3 rings (SSSR count). The van der Waals surface area contributed by atoms with Crippen molar-refractivity contribution in [3.05, 3.63) is 81.7 Å². The van der Waals surface area contributed by atoms with Gasteiger partial charge in [0.15, 0.2) is 0 Å². The van der Waals surface area contributed by atoms with E-state index in [9.17, 15) is 18.4 Å². The van der Waals surface area contributed by atoms with Gasteiger partial charge in [-0.25, -0.2) is 0 Å². The van der Waals surface area contributed by atoms with Crippen molar-refractivity contribution in [2.75, 3.05) is 0 Å². The van der Waals surface area contributed by atoms with Crippen LogP contribution >= 0.6 is 34.7 Å². The molecule has 0 aliphatic carbocycles. The molecule has 0 spiro atoms. The first-order chi connectivity index (χ1) is 12.8. The molecule has 0 unspecified atom stereocenters. The predicted octanol–water partition coefficient (Wildman–Crippen LogP) is 7.64. The molecule has 2 aromatic carbocycles. The molecule has 0 aliphatic heterocycles. The van der Waals surface area contributed by atoms with Crippen molar-refractivity contribution in [2.24, 2.45) is 0 Å². The molecule has 27 heavy (non-hydrogen) atoms. The number of nitrogens with zero attached hydrogens (tertiary/aromatic N) is 1. The lowest BCUT2D eigenvalue weighted by atomic mass is 10.0. The van der Waals surface area contributed by atoms with Crippen LogP contribution in [0, 0.1) is 11.3 Å². The molecule has 3 aromatic rings. The Labute approximate surface area is 167 Å². The summed E-state index contributed by atoms with van der Waals surface area (Å²) in [6.07, 6.45) is -2.71. The molecule has 0 atom stereocenters. The number of hydrogen-bond donors (Lipinski definition) is 0. The molecule has 0 fully saturated rings. The third-order valence-electron chi connectivity index (χ3n) is 3.56. The number of hydrogen-bond acceptors (Lipinski definition) is 3. The average molecular weight is 422 g/mol. The molecule has 7 heteroatoms. The maximum absolute atomic E-state index is 12.7. The van der Waals surface area contributed by atoms with Gasteiger partial charge in [0.2, 0.25) is 0 Å². The van der Waals surface area contributed by atoms with Gasteiger partial charge < -0.3 is 0 Å². The first kappa shape index (κ1) is 19.6. The summed E-state index contributed by atoms with van der Waals surface area (Å²) in [5, 5.41) is 10.1. The van der Waals surface area contributed by atoms with Gasteiger partial charge in [-0.15, -0.1) is 11.3 Å². The number of rotatable bonds is 4. The number of allylic oxidation sites excluding steroid dienone is 1. The van der Waals surface area contributed by atoms with Crippen molar-refractivity contribution in [1.29, 1.82) is 5.26 Å². The van der Waals surface area contributed by atoms with E-state index in [1.807, 2.05) is 36.4 Å². The van der Waals surface area contributed by atoms with Crippen molar-refractivity contribution in [3.8, 4) is 6.07 Å². The third-order valence-corrected chi connectivity index (χ3v) is 5.99. The summed E-state index contributed by atoms with van der Waals surface area (Å²) in [5.74, 6) is 0. The zero-order valence-electron chi connectivity index (χ0n) is 13.6. The fourth-order valence-corrected chi connectivity index (χ4v) is 4.44. The highest BCUT2D eigenvalue weighted by Crippen LogP contribution is 2.35. The van der Waals surface area contributed by atoms with E-state index in [-0.39, 0.29) is 0 Å². The first-order valence-corrected chi connectivity index (χ1v) is 9.69. The molecule has 1 nitrogen and oxygen atoms in total. The van der Waals surface area contributed by atoms with Gasteiger partial charge in [0, 0.05) is 14.8 Å². The summed E-state index contributed by atoms with van der Waals surface area (Å²) in [6.45, 7) is 0. The highest BCUT2D eigenvalue weighted by Gasteiger charge is 2.30. The SMILES string of the molecule is N#C/C(=C/c1ccc(Sc2ccc(Cl)cc2)s1)c1ccc(C(F)(F)F)cc1. The lowest BCUT2D eigenvalue weighted by Crippen LogP contribution is -2.04. The lowest BCUT2D eigenvalue weighted by molar-refractivity contribution is -0.137. The average Bonchev–Trinajstić information content (AvgIpc) is 3.08. The van der Waals surface area contributed by atoms with E-state index in [0.717, 1.165) is 26.1 Å². The normalized spacial score (nSPS) is 12.0. The minimum absolute atomic E-state index is 0.314. The van der Waals surface area contributed by atoms with Gasteiger partial charge in [0.1, 0.15) is 0 Å². The molecule has 0 radical (unpaired) electrons. The van der Waals surface area contributed by atoms with Crippen molar-refractivity contribution < 1.29 is 13.2 Å². The number of thiophene rings is 1. The first-order valence-electron chi connectivity index (χ1n) is 7.68. The monoisotopic (exact) mass is 421 g/mol. The standard InChI is InChI=1S/C20H11ClF3NS2/c21-16-5-7-17(8-6-16)26-19-10-9-18(27-19)11-14(12-25)13-1-3-15(4-2-13)20(22,23)24/h1-11H/b14-11-. The van der Waals surface area contributed by atoms with Crippen LogP contribution in [0.15, 0.2) is 69.8 Å². The van der Waals surface area contributed by atoms with Crippen LogP contribution in [0.4, 0.5) is 13.2 Å². The smallest absolute Gasteiger partial charge is 0.192 e. The van der Waals surface area contributed by atoms with Crippen LogP contribution in [-0.4, -0.2) is 0 Å². The maximum Gasteiger partial charge on any atom is 0.416 e. The second-order valence-corrected chi connectivity index (χ2v) is 8.38. The van der Waals surface area contributed by atoms with Crippen LogP contribution in [0.25, 0.3) is 11.6 Å². The molecular weight excluding hydrogens is 411 g/mol. The van der Waals surface area contributed by atoms with Gasteiger partial charge in [-0.2, -0.15) is 18.4 Å². The van der Waals surface area contributed by atoms with Crippen LogP contribution in [0.1, 0.15) is 16.0 Å². The van der Waals surface area contributed by atoms with Crippen LogP contribution in [-0.2, 0) is 6.18 Å². The van der Waals surface area contributed by atoms with Crippen molar-refractivity contribution in [3.63, 3.8) is 0 Å². The maximum atomic E-state index is 12.7. The Morgan fingerprint density at radius 3 is 2.26 bits per heavy atom. The third kappa shape index (κ3) is 5.16. The van der Waals surface area contributed by atoms with Gasteiger partial charge >= 0.3 is 6.18 Å². The van der Waals surface area contributed by atoms with Crippen LogP contribution in [0.2, 0.25) is 5.02 Å². The Morgan fingerprint density at radius 2 is 1.67 bits per heavy atom. The van der Waals surface area contributed by atoms with Crippen molar-refractivity contribution >= 4 is 46.3 Å². The number of nitriles is 1. The summed E-state index contributed by atoms with van der Waals surface area (Å²) in [4.78, 5) is 1.89. The molecule has 0 saturated heterocycles. The van der Waals surface area contributed by atoms with E-state index in [1.54, 1.807) is 17.8 Å². The fourth-order valence-electron chi connectivity index (χ4n) is 2.25. The molecule has 0 N–H and O–H groups in total. The summed E-state index contributed by atoms with van der Waals surface area (Å²) < 4.78 is 39.0. The molecule has 0 bridgehead atoms. The second kappa shape index (κ2) is 8.22. The highest BCUT2D eigenvalue weighted by molar-refractivity contribution is 8.01. The van der Waals surface area contributed by atoms with Crippen LogP contribution < -0.4 is 0 Å². The van der Waals surface area contributed by atoms with E-state index in [4.69, 9.17) is 11.6 Å². The zero-order valence-corrected chi connectivity index (χ0v) is 16.0. The molecule has 0 aliphatic rings. The Balaban J connectivity index is 1.79. The molecule has 1 aromatic heterocycles. The Bertz CT molecular complexity index is 997. The summed E-state index contributed by atoms with van der Waals surface area (Å²) >= 11 is 8.95. The Morgan fingerprint density at radius 1 is 1.00 bits per heavy atom. The van der Waals surface area contributed by atoms with E-state index in [2.05, 4.69) is 6.07 Å². The van der Waals surface area contributed by atoms with Crippen LogP contribution in [0.5, 0.6) is 0 Å². The summed E-state index contributed by atoms with van der Waals surface area (Å²) in [6, 6.07) is 17.9. The molecule has 0 amide bonds. The Kier molecular flexibility index (Phi) is 5.95. The van der Waals surface area contributed by atoms with Gasteiger partial charge in [-0.1, -0.05) is 35.5 Å². The van der Waals surface area contributed by atoms with E-state index in [0.29, 0.717) is 16.2 Å². The minimum Gasteiger partial charge on any atom is -0.192 e. The second-order valence-electron chi connectivity index (χ2n) is 5.46. The van der Waals surface area contributed by atoms with E-state index < -0.39 is 11.7 Å². The highest BCUT2D eigenvalue weighted by atomic mass is 35.5. The van der Waals surface area contributed by atoms with Gasteiger partial charge in [0.25, 0.3) is 0 Å². The predicted molar refractivity (Wildman–Crippen MR) is 105 cm³/mol. The largest absolute Gasteiger partial charge is 0.416 e. The van der Waals surface area contributed by atoms with Crippen LogP contribution in [0.3, 0.4) is 0 Å². The Hall–Kier alpha value is -2.20. The number of halogens is 4. The lowest BCUT2D eigenvalue weighted by Gasteiger charge is -2.07. The van der Waals surface area contributed by atoms with Gasteiger partial charge in [-0.3, -0.25) is 0 Å². The number of benzene rings is 2. The molecule has 0 saturated carbocycles.